The topological polar surface area (TPSA) is 74.0 Å². The Morgan fingerprint density at radius 3 is 2.65 bits per heavy atom. The zero-order valence-corrected chi connectivity index (χ0v) is 11.7. The van der Waals surface area contributed by atoms with Gasteiger partial charge in [-0.2, -0.15) is 5.26 Å². The number of hydrogen-bond donors (Lipinski definition) is 1. The van der Waals surface area contributed by atoms with Gasteiger partial charge in [-0.15, -0.1) is 0 Å². The van der Waals surface area contributed by atoms with E-state index in [1.807, 2.05) is 0 Å². The summed E-state index contributed by atoms with van der Waals surface area (Å²) >= 11 is 0. The van der Waals surface area contributed by atoms with Crippen molar-refractivity contribution in [2.45, 2.75) is 48.2 Å². The first kappa shape index (κ1) is 13.7. The molecular formula is C14H15FN2O2S. The average Bonchev–Trinajstić information content (AvgIpc) is 2.41. The fourth-order valence-electron chi connectivity index (χ4n) is 3.29. The van der Waals surface area contributed by atoms with Gasteiger partial charge in [0.25, 0.3) is 0 Å². The summed E-state index contributed by atoms with van der Waals surface area (Å²) < 4.78 is 25.8. The minimum Gasteiger partial charge on any atom is -0.385 e. The molecule has 1 aromatic rings. The van der Waals surface area contributed by atoms with Crippen molar-refractivity contribution < 1.29 is 13.7 Å². The minimum absolute atomic E-state index is 0.0220. The van der Waals surface area contributed by atoms with Crippen LogP contribution in [0, 0.1) is 17.1 Å². The number of pyridine rings is 1. The first-order valence-corrected chi connectivity index (χ1v) is 7.99. The average molecular weight is 294 g/mol. The summed E-state index contributed by atoms with van der Waals surface area (Å²) in [5.41, 5.74) is -1.05. The van der Waals surface area contributed by atoms with E-state index in [0.717, 1.165) is 19.3 Å². The lowest BCUT2D eigenvalue weighted by Gasteiger charge is -2.43. The van der Waals surface area contributed by atoms with Crippen LogP contribution in [0.1, 0.15) is 43.4 Å². The lowest BCUT2D eigenvalue weighted by molar-refractivity contribution is 0.00594. The van der Waals surface area contributed by atoms with Crippen LogP contribution in [0.2, 0.25) is 0 Å². The zero-order chi connectivity index (χ0) is 14.3. The van der Waals surface area contributed by atoms with E-state index in [2.05, 4.69) is 4.98 Å². The van der Waals surface area contributed by atoms with Gasteiger partial charge < -0.3 is 5.11 Å². The standard InChI is InChI=1S/C14H15FN2O2S/c15-12-4-9(8-17-13(12)7-16)14(18)5-10-2-1-3-11(6-14)20(10)19/h4,8,10-11,18H,1-3,5-6H2. The van der Waals surface area contributed by atoms with E-state index >= 15 is 0 Å². The number of rotatable bonds is 1. The number of halogens is 1. The molecule has 1 aromatic heterocycles. The highest BCUT2D eigenvalue weighted by Gasteiger charge is 2.46. The van der Waals surface area contributed by atoms with Gasteiger partial charge in [0.05, 0.1) is 5.60 Å². The highest BCUT2D eigenvalue weighted by atomic mass is 32.2. The smallest absolute Gasteiger partial charge is 0.176 e. The van der Waals surface area contributed by atoms with Gasteiger partial charge in [-0.1, -0.05) is 6.42 Å². The summed E-state index contributed by atoms with van der Waals surface area (Å²) in [4.78, 5) is 3.76. The summed E-state index contributed by atoms with van der Waals surface area (Å²) in [7, 11) is -0.894. The fraction of sp³-hybridized carbons (Fsp3) is 0.571. The number of aromatic nitrogens is 1. The third-order valence-corrected chi connectivity index (χ3v) is 6.44. The molecule has 0 aromatic carbocycles. The summed E-state index contributed by atoms with van der Waals surface area (Å²) in [6.45, 7) is 0. The number of fused-ring (bicyclic) bond motifs is 2. The molecule has 3 rings (SSSR count). The molecule has 6 heteroatoms. The van der Waals surface area contributed by atoms with Gasteiger partial charge in [0.15, 0.2) is 11.5 Å². The maximum absolute atomic E-state index is 13.7. The van der Waals surface area contributed by atoms with Gasteiger partial charge in [-0.25, -0.2) is 9.37 Å². The van der Waals surface area contributed by atoms with Crippen LogP contribution < -0.4 is 0 Å². The Hall–Kier alpha value is -1.32. The van der Waals surface area contributed by atoms with E-state index < -0.39 is 22.2 Å². The fourth-order valence-corrected chi connectivity index (χ4v) is 5.52. The van der Waals surface area contributed by atoms with Crippen molar-refractivity contribution in [1.29, 1.82) is 5.26 Å². The van der Waals surface area contributed by atoms with E-state index in [0.29, 0.717) is 18.4 Å². The Morgan fingerprint density at radius 2 is 2.10 bits per heavy atom. The van der Waals surface area contributed by atoms with Gasteiger partial charge in [-0.3, -0.25) is 4.21 Å². The van der Waals surface area contributed by atoms with Crippen LogP contribution in [0.5, 0.6) is 0 Å². The number of aliphatic hydroxyl groups is 1. The van der Waals surface area contributed by atoms with Crippen molar-refractivity contribution in [3.05, 3.63) is 29.3 Å². The van der Waals surface area contributed by atoms with Gasteiger partial charge in [-0.05, 0) is 31.7 Å². The molecule has 1 N–H and O–H groups in total. The van der Waals surface area contributed by atoms with Crippen LogP contribution >= 0.6 is 0 Å². The second-order valence-electron chi connectivity index (χ2n) is 5.61. The monoisotopic (exact) mass is 294 g/mol. The van der Waals surface area contributed by atoms with Crippen LogP contribution in [0.4, 0.5) is 4.39 Å². The molecule has 4 nitrogen and oxygen atoms in total. The summed E-state index contributed by atoms with van der Waals surface area (Å²) in [5, 5.41) is 19.5. The second kappa shape index (κ2) is 4.90. The van der Waals surface area contributed by atoms with E-state index in [1.54, 1.807) is 6.07 Å². The Labute approximate surface area is 119 Å². The Kier molecular flexibility index (Phi) is 3.35. The molecule has 2 fully saturated rings. The molecule has 3 heterocycles. The van der Waals surface area contributed by atoms with Crippen molar-refractivity contribution in [3.8, 4) is 6.07 Å². The molecule has 2 atom stereocenters. The lowest BCUT2D eigenvalue weighted by Crippen LogP contribution is -2.47. The van der Waals surface area contributed by atoms with E-state index in [9.17, 15) is 13.7 Å². The van der Waals surface area contributed by atoms with Gasteiger partial charge in [0.1, 0.15) is 6.07 Å². The third kappa shape index (κ3) is 2.15. The van der Waals surface area contributed by atoms with Crippen molar-refractivity contribution in [3.63, 3.8) is 0 Å². The van der Waals surface area contributed by atoms with Crippen LogP contribution in [-0.2, 0) is 16.4 Å². The van der Waals surface area contributed by atoms with Crippen LogP contribution in [0.15, 0.2) is 12.3 Å². The molecule has 2 saturated heterocycles. The minimum atomic E-state index is -1.18. The molecule has 0 amide bonds. The van der Waals surface area contributed by atoms with E-state index in [1.165, 1.54) is 12.3 Å². The predicted molar refractivity (Wildman–Crippen MR) is 71.6 cm³/mol. The van der Waals surface area contributed by atoms with E-state index in [4.69, 9.17) is 5.26 Å². The molecule has 106 valence electrons. The zero-order valence-electron chi connectivity index (χ0n) is 10.9. The highest BCUT2D eigenvalue weighted by molar-refractivity contribution is 7.86. The molecule has 20 heavy (non-hydrogen) atoms. The predicted octanol–water partition coefficient (Wildman–Crippen LogP) is 1.74. The largest absolute Gasteiger partial charge is 0.385 e. The number of hydrogen-bond acceptors (Lipinski definition) is 4. The van der Waals surface area contributed by atoms with Crippen molar-refractivity contribution >= 4 is 10.8 Å². The highest BCUT2D eigenvalue weighted by Crippen LogP contribution is 2.44. The van der Waals surface area contributed by atoms with Gasteiger partial charge >= 0.3 is 0 Å². The Morgan fingerprint density at radius 1 is 1.45 bits per heavy atom. The molecule has 2 aliphatic rings. The molecule has 0 spiro atoms. The SMILES string of the molecule is N#Cc1ncc(C2(O)CC3CCCC(C2)S3=O)cc1F. The summed E-state index contributed by atoms with van der Waals surface area (Å²) in [6.07, 6.45) is 4.85. The Balaban J connectivity index is 1.95. The molecule has 2 bridgehead atoms. The van der Waals surface area contributed by atoms with Crippen LogP contribution in [-0.4, -0.2) is 24.8 Å². The molecule has 0 saturated carbocycles. The molecule has 2 unspecified atom stereocenters. The summed E-state index contributed by atoms with van der Waals surface area (Å²) in [6, 6.07) is 2.86. The molecule has 0 radical (unpaired) electrons. The first-order chi connectivity index (χ1) is 9.53. The second-order valence-corrected chi connectivity index (χ2v) is 7.60. The van der Waals surface area contributed by atoms with Crippen molar-refractivity contribution in [2.75, 3.05) is 0 Å². The quantitative estimate of drug-likeness (QED) is 0.856. The maximum atomic E-state index is 13.7. The van der Waals surface area contributed by atoms with Crippen LogP contribution in [0.3, 0.4) is 0 Å². The van der Waals surface area contributed by atoms with E-state index in [-0.39, 0.29) is 16.2 Å². The summed E-state index contributed by atoms with van der Waals surface area (Å²) in [5.74, 6) is -0.713. The van der Waals surface area contributed by atoms with Gasteiger partial charge in [0.2, 0.25) is 0 Å². The molecular weight excluding hydrogens is 279 g/mol. The van der Waals surface area contributed by atoms with Crippen molar-refractivity contribution in [1.82, 2.24) is 4.98 Å². The van der Waals surface area contributed by atoms with Gasteiger partial charge in [0, 0.05) is 33.1 Å². The number of nitrogens with zero attached hydrogens (tertiary/aromatic N) is 2. The number of nitriles is 1. The van der Waals surface area contributed by atoms with Crippen LogP contribution in [0.25, 0.3) is 0 Å². The first-order valence-electron chi connectivity index (χ1n) is 6.71. The lowest BCUT2D eigenvalue weighted by atomic mass is 9.81. The van der Waals surface area contributed by atoms with Crippen molar-refractivity contribution in [2.24, 2.45) is 0 Å². The Bertz CT molecular complexity index is 598. The third-order valence-electron chi connectivity index (χ3n) is 4.32. The molecule has 0 aliphatic carbocycles. The normalized spacial score (nSPS) is 36.4. The maximum Gasteiger partial charge on any atom is 0.176 e. The molecule has 2 aliphatic heterocycles.